The van der Waals surface area contributed by atoms with E-state index in [1.165, 1.54) is 0 Å². The fourth-order valence-electron chi connectivity index (χ4n) is 3.73. The van der Waals surface area contributed by atoms with Gasteiger partial charge in [0.1, 0.15) is 30.5 Å². The highest BCUT2D eigenvalue weighted by atomic mass is 32.1. The lowest BCUT2D eigenvalue weighted by Gasteiger charge is -2.40. The Kier molecular flexibility index (Phi) is 6.29. The zero-order valence-electron chi connectivity index (χ0n) is 16.5. The van der Waals surface area contributed by atoms with Gasteiger partial charge in [-0.2, -0.15) is 0 Å². The van der Waals surface area contributed by atoms with Gasteiger partial charge in [-0.15, -0.1) is 11.3 Å². The molecular formula is C23H25NO5S. The van der Waals surface area contributed by atoms with E-state index in [-0.39, 0.29) is 0 Å². The fourth-order valence-corrected chi connectivity index (χ4v) is 4.67. The Morgan fingerprint density at radius 1 is 1.00 bits per heavy atom. The fraction of sp³-hybridized carbons (Fsp3) is 0.348. The third-order valence-corrected chi connectivity index (χ3v) is 6.59. The zero-order valence-corrected chi connectivity index (χ0v) is 17.4. The molecule has 1 fully saturated rings. The van der Waals surface area contributed by atoms with Crippen molar-refractivity contribution in [1.29, 1.82) is 0 Å². The minimum atomic E-state index is -1.39. The number of nitrogens with zero attached hydrogens (tertiary/aromatic N) is 1. The molecule has 0 spiro atoms. The number of aryl methyl sites for hydroxylation is 1. The summed E-state index contributed by atoms with van der Waals surface area (Å²) in [5.41, 5.74) is 3.94. The van der Waals surface area contributed by atoms with E-state index < -0.39 is 37.1 Å². The molecule has 0 radical (unpaired) electrons. The normalized spacial score (nSPS) is 26.6. The molecular weight excluding hydrogens is 402 g/mol. The first-order valence-electron chi connectivity index (χ1n) is 9.88. The molecule has 3 aromatic rings. The van der Waals surface area contributed by atoms with Gasteiger partial charge in [-0.05, 0) is 29.2 Å². The first-order chi connectivity index (χ1) is 14.5. The molecule has 7 heteroatoms. The summed E-state index contributed by atoms with van der Waals surface area (Å²) in [7, 11) is 0. The van der Waals surface area contributed by atoms with Crippen LogP contribution in [0, 0.1) is 6.92 Å². The number of rotatable bonds is 5. The van der Waals surface area contributed by atoms with E-state index in [2.05, 4.69) is 17.1 Å². The van der Waals surface area contributed by atoms with Crippen LogP contribution in [0.15, 0.2) is 54.7 Å². The van der Waals surface area contributed by atoms with Gasteiger partial charge in [-0.3, -0.25) is 0 Å². The van der Waals surface area contributed by atoms with Crippen molar-refractivity contribution >= 4 is 11.3 Å². The van der Waals surface area contributed by atoms with Gasteiger partial charge < -0.3 is 25.2 Å². The van der Waals surface area contributed by atoms with E-state index in [1.807, 2.05) is 49.5 Å². The van der Waals surface area contributed by atoms with Gasteiger partial charge in [0.05, 0.1) is 16.5 Å². The average Bonchev–Trinajstić information content (AvgIpc) is 3.23. The molecule has 4 N–H and O–H groups in total. The molecule has 0 unspecified atom stereocenters. The van der Waals surface area contributed by atoms with Crippen LogP contribution in [0.4, 0.5) is 0 Å². The number of hydrogen-bond acceptors (Lipinski definition) is 7. The highest BCUT2D eigenvalue weighted by molar-refractivity contribution is 7.15. The molecule has 158 valence electrons. The maximum absolute atomic E-state index is 10.4. The molecule has 6 nitrogen and oxygen atoms in total. The first-order valence-corrected chi connectivity index (χ1v) is 10.7. The van der Waals surface area contributed by atoms with Crippen LogP contribution in [0.25, 0.3) is 10.4 Å². The van der Waals surface area contributed by atoms with E-state index in [0.717, 1.165) is 26.6 Å². The lowest BCUT2D eigenvalue weighted by molar-refractivity contribution is -0.231. The van der Waals surface area contributed by atoms with Gasteiger partial charge in [-0.1, -0.05) is 48.5 Å². The van der Waals surface area contributed by atoms with Crippen molar-refractivity contribution < 1.29 is 25.2 Å². The summed E-state index contributed by atoms with van der Waals surface area (Å²) >= 11 is 1.64. The van der Waals surface area contributed by atoms with Crippen molar-refractivity contribution in [3.63, 3.8) is 0 Å². The van der Waals surface area contributed by atoms with Crippen LogP contribution in [-0.4, -0.2) is 56.4 Å². The summed E-state index contributed by atoms with van der Waals surface area (Å²) in [6, 6.07) is 15.8. The maximum atomic E-state index is 10.4. The van der Waals surface area contributed by atoms with Crippen LogP contribution in [0.5, 0.6) is 0 Å². The standard InChI is InChI=1S/C23H25NO5S/c1-13-7-8-15(23-22(28)21(27)20(26)17(12-25)29-23)9-16(13)10-19-24-11-18(30-19)14-5-3-2-4-6-14/h2-9,11,17,20-23,25-28H,10,12H2,1H3/t17-,20-,21+,22-,23+/m1/s1. The van der Waals surface area contributed by atoms with E-state index in [1.54, 1.807) is 11.3 Å². The number of benzene rings is 2. The lowest BCUT2D eigenvalue weighted by atomic mass is 9.89. The summed E-state index contributed by atoms with van der Waals surface area (Å²) in [6.45, 7) is 1.57. The Labute approximate surface area is 179 Å². The molecule has 1 saturated heterocycles. The monoisotopic (exact) mass is 427 g/mol. The second kappa shape index (κ2) is 8.93. The second-order valence-electron chi connectivity index (χ2n) is 7.60. The lowest BCUT2D eigenvalue weighted by Crippen LogP contribution is -2.55. The van der Waals surface area contributed by atoms with Crippen molar-refractivity contribution in [2.24, 2.45) is 0 Å². The van der Waals surface area contributed by atoms with Gasteiger partial charge in [0, 0.05) is 12.6 Å². The van der Waals surface area contributed by atoms with Crippen LogP contribution >= 0.6 is 11.3 Å². The Hall–Kier alpha value is -2.13. The maximum Gasteiger partial charge on any atom is 0.113 e. The Morgan fingerprint density at radius 2 is 1.77 bits per heavy atom. The number of aliphatic hydroxyl groups is 4. The Morgan fingerprint density at radius 3 is 2.50 bits per heavy atom. The van der Waals surface area contributed by atoms with Crippen molar-refractivity contribution in [3.8, 4) is 10.4 Å². The van der Waals surface area contributed by atoms with Crippen molar-refractivity contribution in [3.05, 3.63) is 76.4 Å². The molecule has 0 amide bonds. The molecule has 0 saturated carbocycles. The molecule has 1 aromatic heterocycles. The molecule has 4 rings (SSSR count). The zero-order chi connectivity index (χ0) is 21.3. The predicted molar refractivity (Wildman–Crippen MR) is 114 cm³/mol. The number of thiazole rings is 1. The minimum absolute atomic E-state index is 0.443. The second-order valence-corrected chi connectivity index (χ2v) is 8.71. The van der Waals surface area contributed by atoms with Crippen LogP contribution in [0.1, 0.15) is 27.8 Å². The molecule has 1 aliphatic heterocycles. The number of aliphatic hydroxyl groups excluding tert-OH is 4. The quantitative estimate of drug-likeness (QED) is 0.498. The SMILES string of the molecule is Cc1ccc([C@@H]2O[C@H](CO)[C@@H](O)[C@H](O)[C@H]2O)cc1Cc1ncc(-c2ccccc2)s1. The van der Waals surface area contributed by atoms with Gasteiger partial charge >= 0.3 is 0 Å². The number of ether oxygens (including phenoxy) is 1. The third kappa shape index (κ3) is 4.18. The van der Waals surface area contributed by atoms with Gasteiger partial charge in [-0.25, -0.2) is 4.98 Å². The highest BCUT2D eigenvalue weighted by Gasteiger charge is 2.43. The Balaban J connectivity index is 1.57. The smallest absolute Gasteiger partial charge is 0.113 e. The van der Waals surface area contributed by atoms with E-state index in [4.69, 9.17) is 4.74 Å². The van der Waals surface area contributed by atoms with Gasteiger partial charge in [0.25, 0.3) is 0 Å². The van der Waals surface area contributed by atoms with Crippen LogP contribution in [-0.2, 0) is 11.2 Å². The van der Waals surface area contributed by atoms with Crippen molar-refractivity contribution in [2.45, 2.75) is 43.9 Å². The molecule has 0 aliphatic carbocycles. The van der Waals surface area contributed by atoms with Crippen molar-refractivity contribution in [2.75, 3.05) is 6.61 Å². The average molecular weight is 428 g/mol. The highest BCUT2D eigenvalue weighted by Crippen LogP contribution is 2.34. The predicted octanol–water partition coefficient (Wildman–Crippen LogP) is 2.22. The van der Waals surface area contributed by atoms with E-state index >= 15 is 0 Å². The molecule has 2 heterocycles. The first kappa shape index (κ1) is 21.1. The number of hydrogen-bond donors (Lipinski definition) is 4. The summed E-state index contributed by atoms with van der Waals surface area (Å²) in [5, 5.41) is 40.9. The largest absolute Gasteiger partial charge is 0.394 e. The van der Waals surface area contributed by atoms with Crippen LogP contribution in [0.2, 0.25) is 0 Å². The summed E-state index contributed by atoms with van der Waals surface area (Å²) in [6.07, 6.45) is -3.29. The minimum Gasteiger partial charge on any atom is -0.394 e. The van der Waals surface area contributed by atoms with E-state index in [9.17, 15) is 20.4 Å². The van der Waals surface area contributed by atoms with E-state index in [0.29, 0.717) is 12.0 Å². The summed E-state index contributed by atoms with van der Waals surface area (Å²) in [5.74, 6) is 0. The van der Waals surface area contributed by atoms with Crippen molar-refractivity contribution in [1.82, 2.24) is 4.98 Å². The third-order valence-electron chi connectivity index (χ3n) is 5.55. The summed E-state index contributed by atoms with van der Waals surface area (Å²) in [4.78, 5) is 5.67. The van der Waals surface area contributed by atoms with Crippen LogP contribution in [0.3, 0.4) is 0 Å². The molecule has 0 bridgehead atoms. The van der Waals surface area contributed by atoms with Crippen LogP contribution < -0.4 is 0 Å². The van der Waals surface area contributed by atoms with Gasteiger partial charge in [0.2, 0.25) is 0 Å². The molecule has 2 aromatic carbocycles. The topological polar surface area (TPSA) is 103 Å². The van der Waals surface area contributed by atoms with Gasteiger partial charge in [0.15, 0.2) is 0 Å². The molecule has 5 atom stereocenters. The Bertz CT molecular complexity index is 990. The molecule has 30 heavy (non-hydrogen) atoms. The molecule has 1 aliphatic rings. The summed E-state index contributed by atoms with van der Waals surface area (Å²) < 4.78 is 5.70. The number of aromatic nitrogens is 1.